The van der Waals surface area contributed by atoms with Crippen molar-refractivity contribution < 1.29 is 4.79 Å². The number of hydrogen-bond donors (Lipinski definition) is 1. The number of carbonyl (C=O) groups is 1. The number of benzene rings is 1. The Morgan fingerprint density at radius 3 is 2.47 bits per heavy atom. The average molecular weight is 261 g/mol. The first-order valence-electron chi connectivity index (χ1n) is 6.52. The Bertz CT molecular complexity index is 492. The zero-order chi connectivity index (χ0) is 14.6. The quantitative estimate of drug-likeness (QED) is 0.653. The van der Waals surface area contributed by atoms with Crippen molar-refractivity contribution in [2.24, 2.45) is 16.8 Å². The van der Waals surface area contributed by atoms with E-state index in [0.717, 1.165) is 28.9 Å². The number of urea groups is 1. The topological polar surface area (TPSA) is 58.7 Å². The molecule has 0 heterocycles. The number of anilines is 1. The van der Waals surface area contributed by atoms with Gasteiger partial charge in [0.2, 0.25) is 0 Å². The molecule has 0 aromatic heterocycles. The molecule has 0 aliphatic carbocycles. The molecule has 0 unspecified atom stereocenters. The molecule has 0 atom stereocenters. The van der Waals surface area contributed by atoms with Crippen LogP contribution in [0.4, 0.5) is 10.5 Å². The molecular weight excluding hydrogens is 238 g/mol. The van der Waals surface area contributed by atoms with Gasteiger partial charge in [-0.3, -0.25) is 0 Å². The second-order valence-corrected chi connectivity index (χ2v) is 5.37. The molecule has 4 nitrogen and oxygen atoms in total. The average Bonchev–Trinajstić information content (AvgIpc) is 2.25. The molecule has 0 radical (unpaired) electrons. The highest BCUT2D eigenvalue weighted by Gasteiger charge is 2.14. The van der Waals surface area contributed by atoms with Gasteiger partial charge in [0, 0.05) is 5.71 Å². The van der Waals surface area contributed by atoms with Crippen LogP contribution in [0.1, 0.15) is 38.3 Å². The summed E-state index contributed by atoms with van der Waals surface area (Å²) >= 11 is 0. The minimum Gasteiger partial charge on any atom is -0.350 e. The highest BCUT2D eigenvalue weighted by molar-refractivity contribution is 5.94. The second kappa shape index (κ2) is 6.36. The lowest BCUT2D eigenvalue weighted by molar-refractivity contribution is 0.254. The van der Waals surface area contributed by atoms with E-state index in [4.69, 9.17) is 5.73 Å². The molecule has 2 amide bonds. The monoisotopic (exact) mass is 261 g/mol. The summed E-state index contributed by atoms with van der Waals surface area (Å²) in [5.74, 6) is 0.498. The molecule has 0 saturated heterocycles. The SMILES string of the molecule is C/C(CC(C)C)=N\N(C(N)=O)c1ccc(C)cc1C. The Hall–Kier alpha value is -1.84. The first-order valence-corrected chi connectivity index (χ1v) is 6.52. The lowest BCUT2D eigenvalue weighted by Gasteiger charge is -2.19. The Balaban J connectivity index is 3.11. The zero-order valence-electron chi connectivity index (χ0n) is 12.4. The van der Waals surface area contributed by atoms with Gasteiger partial charge in [0.1, 0.15) is 0 Å². The van der Waals surface area contributed by atoms with Crippen LogP contribution in [-0.2, 0) is 0 Å². The van der Waals surface area contributed by atoms with Crippen LogP contribution in [0.15, 0.2) is 23.3 Å². The third-order valence-corrected chi connectivity index (χ3v) is 2.76. The van der Waals surface area contributed by atoms with Crippen LogP contribution in [0.3, 0.4) is 0 Å². The molecule has 2 N–H and O–H groups in total. The van der Waals surface area contributed by atoms with Crippen molar-refractivity contribution in [1.82, 2.24) is 0 Å². The molecule has 0 aliphatic heterocycles. The van der Waals surface area contributed by atoms with Crippen molar-refractivity contribution in [2.75, 3.05) is 5.01 Å². The van der Waals surface area contributed by atoms with Crippen LogP contribution >= 0.6 is 0 Å². The Morgan fingerprint density at radius 2 is 2.00 bits per heavy atom. The molecule has 1 aromatic rings. The van der Waals surface area contributed by atoms with Crippen LogP contribution in [0, 0.1) is 19.8 Å². The number of nitrogens with two attached hydrogens (primary N) is 1. The van der Waals surface area contributed by atoms with Gasteiger partial charge >= 0.3 is 6.03 Å². The maximum absolute atomic E-state index is 11.6. The number of primary amides is 1. The van der Waals surface area contributed by atoms with E-state index in [1.54, 1.807) is 0 Å². The predicted molar refractivity (Wildman–Crippen MR) is 80.5 cm³/mol. The number of carbonyl (C=O) groups excluding carboxylic acids is 1. The highest BCUT2D eigenvalue weighted by Crippen LogP contribution is 2.22. The Labute approximate surface area is 115 Å². The molecule has 0 spiro atoms. The molecular formula is C15H23N3O. The molecule has 0 saturated carbocycles. The summed E-state index contributed by atoms with van der Waals surface area (Å²) in [5, 5.41) is 5.64. The van der Waals surface area contributed by atoms with Gasteiger partial charge in [0.25, 0.3) is 0 Å². The van der Waals surface area contributed by atoms with Crippen molar-refractivity contribution in [3.05, 3.63) is 29.3 Å². The van der Waals surface area contributed by atoms with Gasteiger partial charge < -0.3 is 5.73 Å². The highest BCUT2D eigenvalue weighted by atomic mass is 16.2. The number of rotatable bonds is 4. The minimum atomic E-state index is -0.560. The van der Waals surface area contributed by atoms with Crippen LogP contribution in [0.2, 0.25) is 0 Å². The van der Waals surface area contributed by atoms with Crippen molar-refractivity contribution >= 4 is 17.4 Å². The Kier molecular flexibility index (Phi) is 5.10. The summed E-state index contributed by atoms with van der Waals surface area (Å²) in [7, 11) is 0. The standard InChI is InChI=1S/C15H23N3O/c1-10(2)8-13(5)17-18(15(16)19)14-7-6-11(3)9-12(14)4/h6-7,9-10H,8H2,1-5H3,(H2,16,19)/b17-13+. The van der Waals surface area contributed by atoms with E-state index >= 15 is 0 Å². The normalized spacial score (nSPS) is 11.8. The van der Waals surface area contributed by atoms with Gasteiger partial charge in [0.05, 0.1) is 5.69 Å². The fourth-order valence-corrected chi connectivity index (χ4v) is 2.07. The first-order chi connectivity index (χ1) is 8.81. The van der Waals surface area contributed by atoms with E-state index in [1.807, 2.05) is 39.0 Å². The molecule has 0 aliphatic rings. The lowest BCUT2D eigenvalue weighted by atomic mass is 10.1. The van der Waals surface area contributed by atoms with Gasteiger partial charge in [-0.25, -0.2) is 4.79 Å². The van der Waals surface area contributed by atoms with Crippen molar-refractivity contribution in [3.8, 4) is 0 Å². The van der Waals surface area contributed by atoms with Gasteiger partial charge in [0.15, 0.2) is 0 Å². The number of amides is 2. The third-order valence-electron chi connectivity index (χ3n) is 2.76. The summed E-state index contributed by atoms with van der Waals surface area (Å²) in [5.41, 5.74) is 9.20. The summed E-state index contributed by atoms with van der Waals surface area (Å²) in [6.07, 6.45) is 0.842. The minimum absolute atomic E-state index is 0.498. The molecule has 4 heteroatoms. The summed E-state index contributed by atoms with van der Waals surface area (Å²) in [6.45, 7) is 10.1. The molecule has 1 rings (SSSR count). The van der Waals surface area contributed by atoms with Gasteiger partial charge in [-0.05, 0) is 44.7 Å². The van der Waals surface area contributed by atoms with Crippen molar-refractivity contribution in [3.63, 3.8) is 0 Å². The molecule has 0 bridgehead atoms. The van der Waals surface area contributed by atoms with Crippen LogP contribution < -0.4 is 10.7 Å². The fourth-order valence-electron chi connectivity index (χ4n) is 2.07. The molecule has 104 valence electrons. The molecule has 0 fully saturated rings. The maximum atomic E-state index is 11.6. The van der Waals surface area contributed by atoms with Gasteiger partial charge in [-0.2, -0.15) is 10.1 Å². The van der Waals surface area contributed by atoms with E-state index in [0.29, 0.717) is 5.92 Å². The van der Waals surface area contributed by atoms with E-state index in [2.05, 4.69) is 18.9 Å². The van der Waals surface area contributed by atoms with E-state index < -0.39 is 6.03 Å². The van der Waals surface area contributed by atoms with Crippen LogP contribution in [-0.4, -0.2) is 11.7 Å². The number of hydrazone groups is 1. The van der Waals surface area contributed by atoms with E-state index in [1.165, 1.54) is 5.01 Å². The third kappa shape index (κ3) is 4.39. The summed E-state index contributed by atoms with van der Waals surface area (Å²) in [4.78, 5) is 11.6. The largest absolute Gasteiger partial charge is 0.350 e. The Morgan fingerprint density at radius 1 is 1.37 bits per heavy atom. The van der Waals surface area contributed by atoms with E-state index in [9.17, 15) is 4.79 Å². The van der Waals surface area contributed by atoms with Gasteiger partial charge in [-0.15, -0.1) is 0 Å². The number of nitrogens with zero attached hydrogens (tertiary/aromatic N) is 2. The van der Waals surface area contributed by atoms with Crippen LogP contribution in [0.25, 0.3) is 0 Å². The summed E-state index contributed by atoms with van der Waals surface area (Å²) in [6, 6.07) is 5.28. The number of aryl methyl sites for hydroxylation is 2. The first kappa shape index (κ1) is 15.2. The van der Waals surface area contributed by atoms with E-state index in [-0.39, 0.29) is 0 Å². The maximum Gasteiger partial charge on any atom is 0.340 e. The summed E-state index contributed by atoms with van der Waals surface area (Å²) < 4.78 is 0. The smallest absolute Gasteiger partial charge is 0.340 e. The molecule has 1 aromatic carbocycles. The lowest BCUT2D eigenvalue weighted by Crippen LogP contribution is -2.32. The predicted octanol–water partition coefficient (Wildman–Crippen LogP) is 3.61. The van der Waals surface area contributed by atoms with Crippen LogP contribution in [0.5, 0.6) is 0 Å². The zero-order valence-corrected chi connectivity index (χ0v) is 12.4. The fraction of sp³-hybridized carbons (Fsp3) is 0.467. The second-order valence-electron chi connectivity index (χ2n) is 5.37. The number of hydrogen-bond acceptors (Lipinski definition) is 2. The van der Waals surface area contributed by atoms with Crippen molar-refractivity contribution in [1.29, 1.82) is 0 Å². The van der Waals surface area contributed by atoms with Crippen molar-refractivity contribution in [2.45, 2.75) is 41.0 Å². The molecule has 19 heavy (non-hydrogen) atoms. The van der Waals surface area contributed by atoms with Gasteiger partial charge in [-0.1, -0.05) is 31.5 Å².